The maximum atomic E-state index is 12.8. The minimum atomic E-state index is -4.58. The number of halogens is 4. The van der Waals surface area contributed by atoms with Gasteiger partial charge in [0.05, 0.1) is 22.1 Å². The van der Waals surface area contributed by atoms with E-state index in [-0.39, 0.29) is 22.1 Å². The second-order valence-corrected chi connectivity index (χ2v) is 8.30. The molecule has 3 amide bonds. The van der Waals surface area contributed by atoms with E-state index in [1.165, 1.54) is 31.4 Å². The van der Waals surface area contributed by atoms with E-state index in [0.29, 0.717) is 26.7 Å². The van der Waals surface area contributed by atoms with Crippen molar-refractivity contribution in [1.29, 1.82) is 0 Å². The molecule has 1 aliphatic rings. The molecule has 0 aliphatic carbocycles. The molecule has 0 bridgehead atoms. The number of thioether (sulfide) groups is 1. The number of aromatic hydroxyl groups is 1. The summed E-state index contributed by atoms with van der Waals surface area (Å²) in [5, 5.41) is 11.4. The topological polar surface area (TPSA) is 95.9 Å². The van der Waals surface area contributed by atoms with Gasteiger partial charge in [0.25, 0.3) is 11.1 Å². The molecule has 32 heavy (non-hydrogen) atoms. The number of nitrogens with one attached hydrogen (secondary N) is 1. The molecule has 2 N–H and O–H groups in total. The summed E-state index contributed by atoms with van der Waals surface area (Å²) in [6, 6.07) is 6.96. The lowest BCUT2D eigenvalue weighted by atomic mass is 10.2. The van der Waals surface area contributed by atoms with Gasteiger partial charge in [-0.05, 0) is 69.7 Å². The van der Waals surface area contributed by atoms with Gasteiger partial charge in [-0.2, -0.15) is 13.2 Å². The Morgan fingerprint density at radius 1 is 1.28 bits per heavy atom. The Hall–Kier alpha value is -2.99. The van der Waals surface area contributed by atoms with Gasteiger partial charge in [-0.15, -0.1) is 0 Å². The van der Waals surface area contributed by atoms with Crippen LogP contribution < -0.4 is 10.1 Å². The fourth-order valence-corrected chi connectivity index (χ4v) is 4.04. The summed E-state index contributed by atoms with van der Waals surface area (Å²) < 4.78 is 43.8. The Morgan fingerprint density at radius 2 is 2.00 bits per heavy atom. The first-order valence-corrected chi connectivity index (χ1v) is 10.4. The quantitative estimate of drug-likeness (QED) is 0.536. The van der Waals surface area contributed by atoms with Crippen LogP contribution in [0.2, 0.25) is 0 Å². The third kappa shape index (κ3) is 5.25. The maximum absolute atomic E-state index is 12.8. The Morgan fingerprint density at radius 3 is 2.66 bits per heavy atom. The van der Waals surface area contributed by atoms with Crippen LogP contribution in [0.3, 0.4) is 0 Å². The van der Waals surface area contributed by atoms with E-state index < -0.39 is 35.3 Å². The van der Waals surface area contributed by atoms with Crippen LogP contribution >= 0.6 is 27.7 Å². The fraction of sp³-hybridized carbons (Fsp3) is 0.150. The van der Waals surface area contributed by atoms with E-state index in [4.69, 9.17) is 4.74 Å². The van der Waals surface area contributed by atoms with Crippen LogP contribution in [0, 0.1) is 0 Å². The van der Waals surface area contributed by atoms with Crippen molar-refractivity contribution in [3.8, 4) is 11.5 Å². The zero-order valence-electron chi connectivity index (χ0n) is 16.2. The van der Waals surface area contributed by atoms with Gasteiger partial charge in [0.15, 0.2) is 11.5 Å². The highest BCUT2D eigenvalue weighted by Gasteiger charge is 2.36. The first kappa shape index (κ1) is 23.7. The average molecular weight is 531 g/mol. The molecular weight excluding hydrogens is 517 g/mol. The number of phenolic OH excluding ortho intramolecular Hbond substituents is 1. The summed E-state index contributed by atoms with van der Waals surface area (Å²) in [7, 11) is 1.35. The van der Waals surface area contributed by atoms with Crippen molar-refractivity contribution in [2.75, 3.05) is 19.0 Å². The molecular formula is C20H14BrF3N2O5S. The SMILES string of the molecule is COc1cc(/C=C2\SC(=O)N(CC(=O)Nc3cccc(C(F)(F)F)c3)C2=O)cc(Br)c1O. The number of nitrogens with zero attached hydrogens (tertiary/aromatic N) is 1. The third-order valence-electron chi connectivity index (χ3n) is 4.22. The van der Waals surface area contributed by atoms with Crippen LogP contribution in [0.4, 0.5) is 23.7 Å². The summed E-state index contributed by atoms with van der Waals surface area (Å²) in [5.74, 6) is -1.56. The van der Waals surface area contributed by atoms with E-state index in [0.717, 1.165) is 18.2 Å². The first-order valence-electron chi connectivity index (χ1n) is 8.78. The van der Waals surface area contributed by atoms with Gasteiger partial charge in [0, 0.05) is 5.69 Å². The van der Waals surface area contributed by atoms with Gasteiger partial charge in [0.1, 0.15) is 6.54 Å². The molecule has 0 unspecified atom stereocenters. The Bertz CT molecular complexity index is 1140. The molecule has 1 aliphatic heterocycles. The molecule has 1 saturated heterocycles. The van der Waals surface area contributed by atoms with Gasteiger partial charge in [-0.25, -0.2) is 0 Å². The summed E-state index contributed by atoms with van der Waals surface area (Å²) in [5.41, 5.74) is -0.612. The molecule has 2 aromatic carbocycles. The van der Waals surface area contributed by atoms with Gasteiger partial charge in [-0.3, -0.25) is 19.3 Å². The maximum Gasteiger partial charge on any atom is 0.416 e. The van der Waals surface area contributed by atoms with Crippen molar-refractivity contribution in [1.82, 2.24) is 4.90 Å². The molecule has 0 aromatic heterocycles. The summed E-state index contributed by atoms with van der Waals surface area (Å²) >= 11 is 3.76. The molecule has 1 fully saturated rings. The third-order valence-corrected chi connectivity index (χ3v) is 5.73. The number of alkyl halides is 3. The monoisotopic (exact) mass is 530 g/mol. The van der Waals surface area contributed by atoms with E-state index in [9.17, 15) is 32.7 Å². The number of imide groups is 1. The van der Waals surface area contributed by atoms with Crippen molar-refractivity contribution in [3.63, 3.8) is 0 Å². The lowest BCUT2D eigenvalue weighted by molar-refractivity contribution is -0.137. The zero-order chi connectivity index (χ0) is 23.6. The number of methoxy groups -OCH3 is 1. The molecule has 12 heteroatoms. The van der Waals surface area contributed by atoms with E-state index in [1.807, 2.05) is 0 Å². The zero-order valence-corrected chi connectivity index (χ0v) is 18.6. The molecule has 0 spiro atoms. The van der Waals surface area contributed by atoms with Gasteiger partial charge < -0.3 is 15.2 Å². The molecule has 0 radical (unpaired) electrons. The molecule has 2 aromatic rings. The number of carbonyl (C=O) groups is 3. The fourth-order valence-electron chi connectivity index (χ4n) is 2.74. The average Bonchev–Trinajstić information content (AvgIpc) is 2.97. The molecule has 1 heterocycles. The number of hydrogen-bond donors (Lipinski definition) is 2. The minimum absolute atomic E-state index is 0.0292. The summed E-state index contributed by atoms with van der Waals surface area (Å²) in [6.45, 7) is -0.666. The van der Waals surface area contributed by atoms with E-state index in [1.54, 1.807) is 0 Å². The molecule has 3 rings (SSSR count). The van der Waals surface area contributed by atoms with E-state index in [2.05, 4.69) is 21.2 Å². The molecule has 168 valence electrons. The largest absolute Gasteiger partial charge is 0.503 e. The van der Waals surface area contributed by atoms with Gasteiger partial charge in [0.2, 0.25) is 5.91 Å². The Labute approximate surface area is 192 Å². The lowest BCUT2D eigenvalue weighted by Gasteiger charge is -2.13. The van der Waals surface area contributed by atoms with Crippen LogP contribution in [0.25, 0.3) is 6.08 Å². The van der Waals surface area contributed by atoms with Crippen LogP contribution in [-0.4, -0.2) is 40.7 Å². The second-order valence-electron chi connectivity index (χ2n) is 6.45. The number of rotatable bonds is 5. The number of amides is 3. The van der Waals surface area contributed by atoms with Crippen molar-refractivity contribution in [3.05, 3.63) is 56.9 Å². The van der Waals surface area contributed by atoms with E-state index >= 15 is 0 Å². The highest BCUT2D eigenvalue weighted by atomic mass is 79.9. The normalized spacial score (nSPS) is 15.4. The second kappa shape index (κ2) is 9.25. The highest BCUT2D eigenvalue weighted by Crippen LogP contribution is 2.38. The first-order chi connectivity index (χ1) is 15.0. The number of hydrogen-bond acceptors (Lipinski definition) is 6. The number of benzene rings is 2. The van der Waals surface area contributed by atoms with Gasteiger partial charge in [-0.1, -0.05) is 6.07 Å². The summed E-state index contributed by atoms with van der Waals surface area (Å²) in [4.78, 5) is 37.8. The lowest BCUT2D eigenvalue weighted by Crippen LogP contribution is -2.36. The van der Waals surface area contributed by atoms with Gasteiger partial charge >= 0.3 is 6.18 Å². The van der Waals surface area contributed by atoms with Crippen molar-refractivity contribution in [2.45, 2.75) is 6.18 Å². The molecule has 7 nitrogen and oxygen atoms in total. The van der Waals surface area contributed by atoms with Crippen molar-refractivity contribution >= 4 is 56.5 Å². The smallest absolute Gasteiger partial charge is 0.416 e. The molecule has 0 saturated carbocycles. The number of phenols is 1. The predicted molar refractivity (Wildman–Crippen MR) is 115 cm³/mol. The minimum Gasteiger partial charge on any atom is -0.503 e. The Kier molecular flexibility index (Phi) is 6.84. The van der Waals surface area contributed by atoms with Crippen molar-refractivity contribution < 1.29 is 37.4 Å². The van der Waals surface area contributed by atoms with Crippen LogP contribution in [0.15, 0.2) is 45.8 Å². The standard InChI is InChI=1S/C20H14BrF3N2O5S/c1-31-14-6-10(5-13(21)17(14)28)7-15-18(29)26(19(30)32-15)9-16(27)25-12-4-2-3-11(8-12)20(22,23)24/h2-8,28H,9H2,1H3,(H,25,27)/b15-7-. The number of ether oxygens (including phenoxy) is 1. The number of anilines is 1. The highest BCUT2D eigenvalue weighted by molar-refractivity contribution is 9.10. The number of carbonyl (C=O) groups excluding carboxylic acids is 3. The van der Waals surface area contributed by atoms with Crippen LogP contribution in [0.5, 0.6) is 11.5 Å². The van der Waals surface area contributed by atoms with Crippen molar-refractivity contribution in [2.24, 2.45) is 0 Å². The Balaban J connectivity index is 1.73. The van der Waals surface area contributed by atoms with Crippen LogP contribution in [-0.2, 0) is 15.8 Å². The van der Waals surface area contributed by atoms with Crippen LogP contribution in [0.1, 0.15) is 11.1 Å². The molecule has 0 atom stereocenters. The summed E-state index contributed by atoms with van der Waals surface area (Å²) in [6.07, 6.45) is -3.19. The predicted octanol–water partition coefficient (Wildman–Crippen LogP) is 4.86.